The molecule has 0 saturated heterocycles. The van der Waals surface area contributed by atoms with Crippen LogP contribution in [0.2, 0.25) is 0 Å². The van der Waals surface area contributed by atoms with Gasteiger partial charge in [-0.05, 0) is 29.8 Å². The van der Waals surface area contributed by atoms with Crippen molar-refractivity contribution in [3.8, 4) is 5.00 Å². The van der Waals surface area contributed by atoms with Crippen molar-refractivity contribution in [1.82, 2.24) is 35.4 Å². The van der Waals surface area contributed by atoms with Gasteiger partial charge in [0.2, 0.25) is 5.95 Å². The molecule has 3 rings (SSSR count). The highest BCUT2D eigenvalue weighted by Crippen LogP contribution is 2.30. The molecular weight excluding hydrogens is 280 g/mol. The van der Waals surface area contributed by atoms with Crippen molar-refractivity contribution in [2.24, 2.45) is 0 Å². The summed E-state index contributed by atoms with van der Waals surface area (Å²) in [6, 6.07) is 0. The molecule has 3 heterocycles. The maximum Gasteiger partial charge on any atom is 0.261 e. The Kier molecular flexibility index (Phi) is 2.99. The van der Waals surface area contributed by atoms with Crippen LogP contribution in [-0.2, 0) is 0 Å². The molecule has 10 heteroatoms. The molecule has 2 N–H and O–H groups in total. The zero-order valence-corrected chi connectivity index (χ0v) is 11.5. The molecule has 3 aromatic rings. The summed E-state index contributed by atoms with van der Waals surface area (Å²) in [7, 11) is 0. The number of nitrogens with one attached hydrogen (secondary N) is 2. The van der Waals surface area contributed by atoms with Gasteiger partial charge in [-0.2, -0.15) is 14.8 Å². The van der Waals surface area contributed by atoms with Crippen LogP contribution in [-0.4, -0.2) is 41.3 Å². The van der Waals surface area contributed by atoms with Crippen LogP contribution in [0.3, 0.4) is 0 Å². The number of hydrogen-bond donors (Lipinski definition) is 2. The molecule has 20 heavy (non-hydrogen) atoms. The number of thiophene rings is 1. The fourth-order valence-electron chi connectivity index (χ4n) is 1.73. The highest BCUT2D eigenvalue weighted by atomic mass is 32.1. The number of nitrogens with zero attached hydrogens (tertiary/aromatic N) is 6. The molecule has 0 aliphatic rings. The maximum atomic E-state index is 12.4. The number of hydrogen-bond acceptors (Lipinski definition) is 7. The molecule has 0 aliphatic heterocycles. The highest BCUT2D eigenvalue weighted by molar-refractivity contribution is 7.15. The lowest BCUT2D eigenvalue weighted by Gasteiger charge is -2.04. The number of rotatable bonds is 3. The Bertz CT molecular complexity index is 730. The van der Waals surface area contributed by atoms with Crippen LogP contribution < -0.4 is 5.32 Å². The van der Waals surface area contributed by atoms with Gasteiger partial charge in [-0.1, -0.05) is 0 Å². The molecule has 3 aromatic heterocycles. The van der Waals surface area contributed by atoms with Crippen molar-refractivity contribution in [1.29, 1.82) is 0 Å². The van der Waals surface area contributed by atoms with Gasteiger partial charge >= 0.3 is 0 Å². The van der Waals surface area contributed by atoms with E-state index < -0.39 is 0 Å². The van der Waals surface area contributed by atoms with E-state index >= 15 is 0 Å². The first-order chi connectivity index (χ1) is 9.66. The first-order valence-electron chi connectivity index (χ1n) is 5.67. The third-order valence-electron chi connectivity index (χ3n) is 2.80. The molecule has 1 amide bonds. The van der Waals surface area contributed by atoms with E-state index in [4.69, 9.17) is 0 Å². The van der Waals surface area contributed by atoms with Crippen molar-refractivity contribution < 1.29 is 4.79 Å². The number of anilines is 1. The summed E-state index contributed by atoms with van der Waals surface area (Å²) >= 11 is 1.45. The average Bonchev–Trinajstić information content (AvgIpc) is 3.12. The van der Waals surface area contributed by atoms with Gasteiger partial charge in [0, 0.05) is 4.88 Å². The Labute approximate surface area is 117 Å². The van der Waals surface area contributed by atoms with E-state index in [0.717, 1.165) is 10.4 Å². The minimum absolute atomic E-state index is 0.283. The zero-order chi connectivity index (χ0) is 14.1. The predicted octanol–water partition coefficient (Wildman–Crippen LogP) is 0.711. The Balaban J connectivity index is 2.02. The van der Waals surface area contributed by atoms with Gasteiger partial charge in [-0.15, -0.1) is 16.4 Å². The number of carbonyl (C=O) groups excluding carboxylic acids is 1. The van der Waals surface area contributed by atoms with Crippen LogP contribution in [0, 0.1) is 13.8 Å². The quantitative estimate of drug-likeness (QED) is 0.734. The molecule has 0 radical (unpaired) electrons. The van der Waals surface area contributed by atoms with Crippen molar-refractivity contribution in [3.05, 3.63) is 28.7 Å². The fourth-order valence-corrected chi connectivity index (χ4v) is 2.80. The Morgan fingerprint density at radius 1 is 1.45 bits per heavy atom. The lowest BCUT2D eigenvalue weighted by Crippen LogP contribution is -2.16. The molecular formula is C10H10N8OS. The van der Waals surface area contributed by atoms with Gasteiger partial charge in [0.15, 0.2) is 0 Å². The monoisotopic (exact) mass is 290 g/mol. The third kappa shape index (κ3) is 2.05. The molecule has 0 aliphatic carbocycles. The predicted molar refractivity (Wildman–Crippen MR) is 70.8 cm³/mol. The number of amides is 1. The topological polar surface area (TPSA) is 114 Å². The highest BCUT2D eigenvalue weighted by Gasteiger charge is 2.22. The Hall–Kier alpha value is -2.62. The average molecular weight is 290 g/mol. The maximum absolute atomic E-state index is 12.4. The summed E-state index contributed by atoms with van der Waals surface area (Å²) in [5.41, 5.74) is 1.41. The molecule has 0 saturated carbocycles. The molecule has 0 bridgehead atoms. The summed E-state index contributed by atoms with van der Waals surface area (Å²) in [4.78, 5) is 17.3. The summed E-state index contributed by atoms with van der Waals surface area (Å²) in [6.07, 6.45) is 2.78. The lowest BCUT2D eigenvalue weighted by molar-refractivity contribution is 0.102. The zero-order valence-electron chi connectivity index (χ0n) is 10.7. The van der Waals surface area contributed by atoms with Crippen molar-refractivity contribution in [2.45, 2.75) is 13.8 Å². The molecule has 0 spiro atoms. The second-order valence-corrected chi connectivity index (χ2v) is 5.21. The molecule has 102 valence electrons. The molecule has 9 nitrogen and oxygen atoms in total. The Morgan fingerprint density at radius 3 is 2.95 bits per heavy atom. The number of aromatic nitrogens is 7. The first kappa shape index (κ1) is 12.4. The second-order valence-electron chi connectivity index (χ2n) is 4.01. The number of aromatic amines is 1. The van der Waals surface area contributed by atoms with Gasteiger partial charge in [0.1, 0.15) is 17.7 Å². The number of aryl methyl sites for hydroxylation is 1. The van der Waals surface area contributed by atoms with Crippen LogP contribution in [0.15, 0.2) is 12.7 Å². The SMILES string of the molecule is Cc1sc(-n2cnnn2)c(C(=O)Nc2ncn[nH]2)c1C. The summed E-state index contributed by atoms with van der Waals surface area (Å²) in [5.74, 6) is 0.00928. The van der Waals surface area contributed by atoms with Gasteiger partial charge in [0.05, 0.1) is 5.56 Å². The number of H-pyrrole nitrogens is 1. The van der Waals surface area contributed by atoms with E-state index in [9.17, 15) is 4.79 Å². The summed E-state index contributed by atoms with van der Waals surface area (Å²) < 4.78 is 1.47. The van der Waals surface area contributed by atoms with Crippen LogP contribution >= 0.6 is 11.3 Å². The number of carbonyl (C=O) groups is 1. The summed E-state index contributed by atoms with van der Waals surface area (Å²) in [5, 5.41) is 20.6. The summed E-state index contributed by atoms with van der Waals surface area (Å²) in [6.45, 7) is 3.83. The van der Waals surface area contributed by atoms with Crippen LogP contribution in [0.4, 0.5) is 5.95 Å². The number of tetrazole rings is 1. The Morgan fingerprint density at radius 2 is 2.30 bits per heavy atom. The largest absolute Gasteiger partial charge is 0.291 e. The van der Waals surface area contributed by atoms with E-state index in [1.807, 2.05) is 13.8 Å². The third-order valence-corrected chi connectivity index (χ3v) is 3.99. The standard InChI is InChI=1S/C10H10N8OS/c1-5-6(2)20-9(18-4-13-16-17-18)7(5)8(19)14-10-11-3-12-15-10/h3-4H,1-2H3,(H2,11,12,14,15,19). The second kappa shape index (κ2) is 4.81. The van der Waals surface area contributed by atoms with Crippen molar-refractivity contribution >= 4 is 23.2 Å². The fraction of sp³-hybridized carbons (Fsp3) is 0.200. The van der Waals surface area contributed by atoms with Gasteiger partial charge < -0.3 is 0 Å². The van der Waals surface area contributed by atoms with Crippen LogP contribution in [0.25, 0.3) is 5.00 Å². The molecule has 0 aromatic carbocycles. The van der Waals surface area contributed by atoms with Crippen molar-refractivity contribution in [3.63, 3.8) is 0 Å². The van der Waals surface area contributed by atoms with E-state index in [-0.39, 0.29) is 5.91 Å². The van der Waals surface area contributed by atoms with Gasteiger partial charge in [0.25, 0.3) is 5.91 Å². The van der Waals surface area contributed by atoms with E-state index in [1.54, 1.807) is 0 Å². The lowest BCUT2D eigenvalue weighted by atomic mass is 10.1. The molecule has 0 unspecified atom stereocenters. The van der Waals surface area contributed by atoms with E-state index in [2.05, 4.69) is 36.0 Å². The van der Waals surface area contributed by atoms with Gasteiger partial charge in [-0.3, -0.25) is 10.1 Å². The molecule has 0 atom stereocenters. The minimum Gasteiger partial charge on any atom is -0.291 e. The molecule has 0 fully saturated rings. The van der Waals surface area contributed by atoms with Gasteiger partial charge in [-0.25, -0.2) is 5.10 Å². The van der Waals surface area contributed by atoms with Crippen LogP contribution in [0.1, 0.15) is 20.8 Å². The first-order valence-corrected chi connectivity index (χ1v) is 6.48. The van der Waals surface area contributed by atoms with Crippen LogP contribution in [0.5, 0.6) is 0 Å². The normalized spacial score (nSPS) is 10.7. The van der Waals surface area contributed by atoms with Crippen molar-refractivity contribution in [2.75, 3.05) is 5.32 Å². The van der Waals surface area contributed by atoms with E-state index in [1.165, 1.54) is 28.7 Å². The van der Waals surface area contributed by atoms with E-state index in [0.29, 0.717) is 16.5 Å². The smallest absolute Gasteiger partial charge is 0.261 e. The minimum atomic E-state index is -0.283.